The van der Waals surface area contributed by atoms with Crippen LogP contribution in [-0.4, -0.2) is 16.8 Å². The molecule has 0 radical (unpaired) electrons. The van der Waals surface area contributed by atoms with Gasteiger partial charge in [0.1, 0.15) is 6.04 Å². The van der Waals surface area contributed by atoms with E-state index in [1.807, 2.05) is 24.3 Å². The van der Waals surface area contributed by atoms with Gasteiger partial charge in [-0.2, -0.15) is 0 Å². The molecule has 1 unspecified atom stereocenters. The van der Waals surface area contributed by atoms with Crippen LogP contribution in [-0.2, 0) is 4.79 Å². The lowest BCUT2D eigenvalue weighted by Crippen LogP contribution is -2.38. The van der Waals surface area contributed by atoms with Crippen molar-refractivity contribution < 1.29 is 4.79 Å². The molecule has 3 aliphatic rings. The highest BCUT2D eigenvalue weighted by atomic mass is 16.1. The second kappa shape index (κ2) is 5.09. The highest BCUT2D eigenvalue weighted by molar-refractivity contribution is 6.14. The fourth-order valence-electron chi connectivity index (χ4n) is 3.62. The van der Waals surface area contributed by atoms with Crippen LogP contribution in [0.4, 0.5) is 0 Å². The van der Waals surface area contributed by atoms with Gasteiger partial charge in [-0.15, -0.1) is 0 Å². The van der Waals surface area contributed by atoms with Crippen LogP contribution < -0.4 is 10.7 Å². The monoisotopic (exact) mass is 326 g/mol. The SMILES string of the molecule is O=C1C2=Cc3[nH]c4ccccc4c(=O)c3C#CC2NC2=C1CCC=C2. The van der Waals surface area contributed by atoms with Crippen LogP contribution in [0.25, 0.3) is 17.0 Å². The number of aromatic amines is 1. The fraction of sp³-hybridized carbons (Fsp3) is 0.143. The van der Waals surface area contributed by atoms with Crippen molar-refractivity contribution in [3.63, 3.8) is 0 Å². The van der Waals surface area contributed by atoms with E-state index in [1.165, 1.54) is 0 Å². The maximum Gasteiger partial charge on any atom is 0.205 e. The molecule has 1 aromatic heterocycles. The molecule has 0 bridgehead atoms. The molecule has 5 rings (SSSR count). The average Bonchev–Trinajstić information content (AvgIpc) is 2.82. The highest BCUT2D eigenvalue weighted by Gasteiger charge is 2.32. The molecule has 2 N–H and O–H groups in total. The number of hydrogen-bond donors (Lipinski definition) is 2. The summed E-state index contributed by atoms with van der Waals surface area (Å²) in [4.78, 5) is 29.0. The number of Topliss-reactive ketones (excluding diaryl/α,β-unsaturated/α-hetero) is 1. The summed E-state index contributed by atoms with van der Waals surface area (Å²) in [6, 6.07) is 6.97. The molecule has 120 valence electrons. The molecule has 0 fully saturated rings. The molecule has 0 saturated heterocycles. The van der Waals surface area contributed by atoms with Crippen LogP contribution in [0.15, 0.2) is 58.1 Å². The summed E-state index contributed by atoms with van der Waals surface area (Å²) >= 11 is 0. The topological polar surface area (TPSA) is 62.0 Å². The number of para-hydroxylation sites is 1. The Bertz CT molecular complexity index is 1170. The van der Waals surface area contributed by atoms with E-state index < -0.39 is 6.04 Å². The number of fused-ring (bicyclic) bond motifs is 3. The van der Waals surface area contributed by atoms with Crippen LogP contribution in [0.3, 0.4) is 0 Å². The van der Waals surface area contributed by atoms with Gasteiger partial charge in [0.2, 0.25) is 5.43 Å². The molecular formula is C21H14N2O2. The first-order valence-electron chi connectivity index (χ1n) is 8.31. The zero-order valence-corrected chi connectivity index (χ0v) is 13.3. The Hall–Kier alpha value is -3.32. The van der Waals surface area contributed by atoms with E-state index in [2.05, 4.69) is 28.2 Å². The lowest BCUT2D eigenvalue weighted by atomic mass is 9.86. The second-order valence-electron chi connectivity index (χ2n) is 6.40. The van der Waals surface area contributed by atoms with Gasteiger partial charge in [-0.25, -0.2) is 0 Å². The molecule has 0 saturated carbocycles. The molecular weight excluding hydrogens is 312 g/mol. The largest absolute Gasteiger partial charge is 0.367 e. The van der Waals surface area contributed by atoms with Crippen molar-refractivity contribution in [3.05, 3.63) is 74.7 Å². The predicted octanol–water partition coefficient (Wildman–Crippen LogP) is 2.42. The van der Waals surface area contributed by atoms with Crippen LogP contribution in [0.1, 0.15) is 24.1 Å². The number of rotatable bonds is 0. The minimum Gasteiger partial charge on any atom is -0.367 e. The third-order valence-corrected chi connectivity index (χ3v) is 4.90. The second-order valence-corrected chi connectivity index (χ2v) is 6.40. The Morgan fingerprint density at radius 2 is 2.04 bits per heavy atom. The molecule has 0 amide bonds. The van der Waals surface area contributed by atoms with Gasteiger partial charge < -0.3 is 10.3 Å². The summed E-state index contributed by atoms with van der Waals surface area (Å²) in [6.07, 6.45) is 7.39. The van der Waals surface area contributed by atoms with Crippen molar-refractivity contribution >= 4 is 22.8 Å². The number of hydrogen-bond acceptors (Lipinski definition) is 3. The number of allylic oxidation sites excluding steroid dienone is 3. The van der Waals surface area contributed by atoms with Gasteiger partial charge in [0.15, 0.2) is 5.78 Å². The van der Waals surface area contributed by atoms with Crippen molar-refractivity contribution in [2.24, 2.45) is 0 Å². The van der Waals surface area contributed by atoms with Gasteiger partial charge in [0, 0.05) is 27.7 Å². The van der Waals surface area contributed by atoms with Gasteiger partial charge >= 0.3 is 0 Å². The summed E-state index contributed by atoms with van der Waals surface area (Å²) in [7, 11) is 0. The summed E-state index contributed by atoms with van der Waals surface area (Å²) in [5.74, 6) is 6.09. The van der Waals surface area contributed by atoms with Gasteiger partial charge in [-0.05, 0) is 37.1 Å². The van der Waals surface area contributed by atoms with E-state index in [4.69, 9.17) is 0 Å². The van der Waals surface area contributed by atoms with Gasteiger partial charge in [-0.3, -0.25) is 9.59 Å². The molecule has 4 heteroatoms. The van der Waals surface area contributed by atoms with Gasteiger partial charge in [0.05, 0.1) is 11.3 Å². The Morgan fingerprint density at radius 1 is 1.16 bits per heavy atom. The van der Waals surface area contributed by atoms with Crippen LogP contribution in [0, 0.1) is 11.8 Å². The quantitative estimate of drug-likeness (QED) is 0.731. The molecule has 2 aromatic rings. The van der Waals surface area contributed by atoms with Crippen molar-refractivity contribution in [3.8, 4) is 11.8 Å². The number of benzene rings is 1. The summed E-state index contributed by atoms with van der Waals surface area (Å²) in [6.45, 7) is 0. The zero-order valence-electron chi connectivity index (χ0n) is 13.3. The highest BCUT2D eigenvalue weighted by Crippen LogP contribution is 2.29. The van der Waals surface area contributed by atoms with Gasteiger partial charge in [-0.1, -0.05) is 30.0 Å². The average molecular weight is 326 g/mol. The number of H-pyrrole nitrogens is 1. The normalized spacial score (nSPS) is 20.6. The third kappa shape index (κ3) is 2.03. The standard InChI is InChI=1S/C21H14N2O2/c24-20-12-5-1-4-8-17(12)23-19-11-15-18(10-9-14(19)20)22-16-7-3-2-6-13(16)21(15)25/h1,3-5,7-8,11,18,22H,2,6H2,(H,23,24). The number of pyridine rings is 1. The van der Waals surface area contributed by atoms with E-state index in [9.17, 15) is 9.59 Å². The fourth-order valence-corrected chi connectivity index (χ4v) is 3.62. The predicted molar refractivity (Wildman–Crippen MR) is 96.8 cm³/mol. The number of ketones is 1. The lowest BCUT2D eigenvalue weighted by Gasteiger charge is -2.28. The molecule has 2 heterocycles. The lowest BCUT2D eigenvalue weighted by molar-refractivity contribution is -0.112. The molecule has 0 spiro atoms. The molecule has 2 aliphatic carbocycles. The molecule has 4 nitrogen and oxygen atoms in total. The number of carbonyl (C=O) groups excluding carboxylic acids is 1. The Morgan fingerprint density at radius 3 is 2.96 bits per heavy atom. The molecule has 1 atom stereocenters. The maximum absolute atomic E-state index is 12.9. The first kappa shape index (κ1) is 14.1. The minimum atomic E-state index is -0.391. The van der Waals surface area contributed by atoms with Crippen LogP contribution >= 0.6 is 0 Å². The third-order valence-electron chi connectivity index (χ3n) is 4.90. The summed E-state index contributed by atoms with van der Waals surface area (Å²) < 4.78 is 0. The number of carbonyl (C=O) groups is 1. The van der Waals surface area contributed by atoms with Crippen molar-refractivity contribution in [1.29, 1.82) is 0 Å². The first-order chi connectivity index (χ1) is 12.2. The van der Waals surface area contributed by atoms with Crippen molar-refractivity contribution in [1.82, 2.24) is 10.3 Å². The maximum atomic E-state index is 12.9. The van der Waals surface area contributed by atoms with E-state index >= 15 is 0 Å². The smallest absolute Gasteiger partial charge is 0.205 e. The number of nitrogens with one attached hydrogen (secondary N) is 2. The minimum absolute atomic E-state index is 0.0271. The summed E-state index contributed by atoms with van der Waals surface area (Å²) in [5, 5.41) is 3.95. The van der Waals surface area contributed by atoms with Crippen molar-refractivity contribution in [2.45, 2.75) is 18.9 Å². The first-order valence-corrected chi connectivity index (χ1v) is 8.31. The van der Waals surface area contributed by atoms with Crippen LogP contribution in [0.2, 0.25) is 0 Å². The van der Waals surface area contributed by atoms with E-state index in [0.717, 1.165) is 29.6 Å². The van der Waals surface area contributed by atoms with Crippen molar-refractivity contribution in [2.75, 3.05) is 0 Å². The van der Waals surface area contributed by atoms with Gasteiger partial charge in [0.25, 0.3) is 0 Å². The Balaban J connectivity index is 1.75. The molecule has 1 aliphatic heterocycles. The van der Waals surface area contributed by atoms with E-state index in [1.54, 1.807) is 12.1 Å². The number of aromatic nitrogens is 1. The Labute approximate surface area is 143 Å². The summed E-state index contributed by atoms with van der Waals surface area (Å²) in [5.41, 5.74) is 3.94. The molecule has 1 aromatic carbocycles. The van der Waals surface area contributed by atoms with Crippen LogP contribution in [0.5, 0.6) is 0 Å². The van der Waals surface area contributed by atoms with E-state index in [0.29, 0.717) is 22.2 Å². The molecule has 25 heavy (non-hydrogen) atoms. The Kier molecular flexibility index (Phi) is 2.86. The zero-order chi connectivity index (χ0) is 17.0. The van der Waals surface area contributed by atoms with E-state index in [-0.39, 0.29) is 11.2 Å².